The first-order valence-electron chi connectivity index (χ1n) is 8.28. The number of thiophene rings is 1. The Morgan fingerprint density at radius 2 is 2.17 bits per heavy atom. The summed E-state index contributed by atoms with van der Waals surface area (Å²) in [6.45, 7) is 8.89. The molecule has 24 heavy (non-hydrogen) atoms. The highest BCUT2D eigenvalue weighted by Crippen LogP contribution is 2.44. The SMILES string of the molecule is C/C(Cl)=C/CSc1nc(N)c2c3c(sc2n1)C[C@H](C(C)(C)C)CC3. The van der Waals surface area contributed by atoms with Gasteiger partial charge < -0.3 is 5.73 Å². The van der Waals surface area contributed by atoms with E-state index in [9.17, 15) is 0 Å². The number of thioether (sulfide) groups is 1. The van der Waals surface area contributed by atoms with Crippen LogP contribution in [-0.2, 0) is 12.8 Å². The Kier molecular flexibility index (Phi) is 5.14. The van der Waals surface area contributed by atoms with E-state index in [1.54, 1.807) is 23.1 Å². The number of halogens is 1. The minimum Gasteiger partial charge on any atom is -0.383 e. The Balaban J connectivity index is 1.92. The zero-order chi connectivity index (χ0) is 17.5. The van der Waals surface area contributed by atoms with Crippen LogP contribution in [0.1, 0.15) is 44.6 Å². The standard InChI is InChI=1S/C18H24ClN3S2/c1-10(19)7-8-23-17-21-15(20)14-12-6-5-11(18(2,3)4)9-13(12)24-16(14)22-17/h7,11H,5-6,8-9H2,1-4H3,(H2,20,21,22)/b10-7-/t11-/m1/s1. The van der Waals surface area contributed by atoms with E-state index >= 15 is 0 Å². The predicted molar refractivity (Wildman–Crippen MR) is 107 cm³/mol. The average Bonchev–Trinajstić information content (AvgIpc) is 2.83. The molecule has 0 saturated carbocycles. The van der Waals surface area contributed by atoms with Gasteiger partial charge in [-0.2, -0.15) is 0 Å². The van der Waals surface area contributed by atoms with E-state index in [0.717, 1.165) is 44.9 Å². The summed E-state index contributed by atoms with van der Waals surface area (Å²) in [4.78, 5) is 11.7. The van der Waals surface area contributed by atoms with Gasteiger partial charge in [-0.25, -0.2) is 9.97 Å². The first-order chi connectivity index (χ1) is 11.3. The van der Waals surface area contributed by atoms with E-state index in [1.165, 1.54) is 16.9 Å². The van der Waals surface area contributed by atoms with Gasteiger partial charge in [0.25, 0.3) is 0 Å². The predicted octanol–water partition coefficient (Wildman–Crippen LogP) is 5.66. The molecule has 1 aliphatic rings. The second kappa shape index (κ2) is 6.85. The van der Waals surface area contributed by atoms with Crippen molar-refractivity contribution in [2.45, 2.75) is 52.1 Å². The lowest BCUT2D eigenvalue weighted by Gasteiger charge is -2.33. The molecule has 2 heterocycles. The zero-order valence-electron chi connectivity index (χ0n) is 14.6. The fourth-order valence-corrected chi connectivity index (χ4v) is 5.55. The van der Waals surface area contributed by atoms with Crippen molar-refractivity contribution in [2.24, 2.45) is 11.3 Å². The summed E-state index contributed by atoms with van der Waals surface area (Å²) in [6.07, 6.45) is 5.41. The van der Waals surface area contributed by atoms with Crippen molar-refractivity contribution in [3.8, 4) is 0 Å². The van der Waals surface area contributed by atoms with Gasteiger partial charge >= 0.3 is 0 Å². The van der Waals surface area contributed by atoms with Crippen LogP contribution in [0.3, 0.4) is 0 Å². The van der Waals surface area contributed by atoms with Gasteiger partial charge in [-0.15, -0.1) is 11.3 Å². The first kappa shape index (κ1) is 18.0. The molecule has 3 nitrogen and oxygen atoms in total. The smallest absolute Gasteiger partial charge is 0.191 e. The molecule has 2 aromatic rings. The molecule has 0 unspecified atom stereocenters. The number of anilines is 1. The van der Waals surface area contributed by atoms with Crippen LogP contribution in [0.5, 0.6) is 0 Å². The minimum absolute atomic E-state index is 0.345. The Hall–Kier alpha value is -0.780. The lowest BCUT2D eigenvalue weighted by molar-refractivity contribution is 0.218. The maximum atomic E-state index is 6.28. The number of allylic oxidation sites excluding steroid dienone is 1. The van der Waals surface area contributed by atoms with Crippen molar-refractivity contribution >= 4 is 50.7 Å². The highest BCUT2D eigenvalue weighted by atomic mass is 35.5. The fraction of sp³-hybridized carbons (Fsp3) is 0.556. The van der Waals surface area contributed by atoms with E-state index in [0.29, 0.717) is 11.2 Å². The third-order valence-electron chi connectivity index (χ3n) is 4.72. The number of aryl methyl sites for hydroxylation is 1. The Morgan fingerprint density at radius 1 is 1.42 bits per heavy atom. The largest absolute Gasteiger partial charge is 0.383 e. The lowest BCUT2D eigenvalue weighted by atomic mass is 9.72. The number of aromatic nitrogens is 2. The van der Waals surface area contributed by atoms with Crippen LogP contribution in [0.2, 0.25) is 0 Å². The molecule has 0 saturated heterocycles. The first-order valence-corrected chi connectivity index (χ1v) is 10.5. The van der Waals surface area contributed by atoms with Crippen molar-refractivity contribution in [1.29, 1.82) is 0 Å². The van der Waals surface area contributed by atoms with Crippen LogP contribution < -0.4 is 5.73 Å². The van der Waals surface area contributed by atoms with Gasteiger partial charge in [-0.1, -0.05) is 50.2 Å². The van der Waals surface area contributed by atoms with E-state index in [-0.39, 0.29) is 0 Å². The molecule has 0 amide bonds. The van der Waals surface area contributed by atoms with E-state index in [2.05, 4.69) is 25.8 Å². The van der Waals surface area contributed by atoms with Crippen LogP contribution in [0.15, 0.2) is 16.3 Å². The molecule has 0 radical (unpaired) electrons. The molecule has 0 fully saturated rings. The molecule has 6 heteroatoms. The van der Waals surface area contributed by atoms with Gasteiger partial charge in [0.2, 0.25) is 0 Å². The van der Waals surface area contributed by atoms with Crippen LogP contribution in [0.4, 0.5) is 5.82 Å². The second-order valence-corrected chi connectivity index (χ2v) is 10.1. The minimum atomic E-state index is 0.345. The van der Waals surface area contributed by atoms with Crippen LogP contribution in [0.25, 0.3) is 10.2 Å². The monoisotopic (exact) mass is 381 g/mol. The molecule has 2 N–H and O–H groups in total. The number of hydrogen-bond acceptors (Lipinski definition) is 5. The number of fused-ring (bicyclic) bond motifs is 3. The van der Waals surface area contributed by atoms with Crippen molar-refractivity contribution < 1.29 is 0 Å². The van der Waals surface area contributed by atoms with Crippen molar-refractivity contribution in [3.05, 3.63) is 21.5 Å². The molecule has 0 aliphatic heterocycles. The second-order valence-electron chi connectivity index (χ2n) is 7.48. The Bertz CT molecular complexity index is 786. The summed E-state index contributed by atoms with van der Waals surface area (Å²) < 4.78 is 0. The number of hydrogen-bond donors (Lipinski definition) is 1. The Morgan fingerprint density at radius 3 is 2.83 bits per heavy atom. The maximum absolute atomic E-state index is 6.28. The third-order valence-corrected chi connectivity index (χ3v) is 6.79. The summed E-state index contributed by atoms with van der Waals surface area (Å²) in [5.41, 5.74) is 8.01. The number of rotatable bonds is 3. The van der Waals surface area contributed by atoms with Crippen LogP contribution in [0, 0.1) is 11.3 Å². The molecular weight excluding hydrogens is 358 g/mol. The van der Waals surface area contributed by atoms with E-state index in [1.807, 2.05) is 13.0 Å². The number of nitrogens with zero attached hydrogens (tertiary/aromatic N) is 2. The molecule has 3 rings (SSSR count). The van der Waals surface area contributed by atoms with Crippen LogP contribution in [-0.4, -0.2) is 15.7 Å². The topological polar surface area (TPSA) is 51.8 Å². The highest BCUT2D eigenvalue weighted by Gasteiger charge is 2.31. The summed E-state index contributed by atoms with van der Waals surface area (Å²) >= 11 is 9.25. The molecule has 1 atom stereocenters. The van der Waals surface area contributed by atoms with Gasteiger partial charge in [0.15, 0.2) is 5.16 Å². The number of nitrogens with two attached hydrogens (primary N) is 1. The summed E-state index contributed by atoms with van der Waals surface area (Å²) in [5, 5.41) is 2.62. The quantitative estimate of drug-likeness (QED) is 0.550. The summed E-state index contributed by atoms with van der Waals surface area (Å²) in [5.74, 6) is 2.11. The average molecular weight is 382 g/mol. The molecule has 130 valence electrons. The molecule has 0 aromatic carbocycles. The van der Waals surface area contributed by atoms with Gasteiger partial charge in [0.05, 0.1) is 5.39 Å². The number of nitrogen functional groups attached to an aromatic ring is 1. The summed E-state index contributed by atoms with van der Waals surface area (Å²) in [6, 6.07) is 0. The van der Waals surface area contributed by atoms with Gasteiger partial charge in [0, 0.05) is 15.7 Å². The molecule has 1 aliphatic carbocycles. The molecular formula is C18H24ClN3S2. The molecule has 0 spiro atoms. The fourth-order valence-electron chi connectivity index (χ4n) is 3.22. The maximum Gasteiger partial charge on any atom is 0.191 e. The van der Waals surface area contributed by atoms with Gasteiger partial charge in [-0.05, 0) is 43.1 Å². The highest BCUT2D eigenvalue weighted by molar-refractivity contribution is 7.99. The van der Waals surface area contributed by atoms with Crippen LogP contribution >= 0.6 is 34.7 Å². The summed E-state index contributed by atoms with van der Waals surface area (Å²) in [7, 11) is 0. The molecule has 2 aromatic heterocycles. The van der Waals surface area contributed by atoms with Crippen molar-refractivity contribution in [3.63, 3.8) is 0 Å². The Labute approximate surface area is 157 Å². The van der Waals surface area contributed by atoms with E-state index < -0.39 is 0 Å². The van der Waals surface area contributed by atoms with Crippen molar-refractivity contribution in [2.75, 3.05) is 11.5 Å². The van der Waals surface area contributed by atoms with E-state index in [4.69, 9.17) is 22.3 Å². The lowest BCUT2D eigenvalue weighted by Crippen LogP contribution is -2.26. The van der Waals surface area contributed by atoms with Gasteiger partial charge in [-0.3, -0.25) is 0 Å². The van der Waals surface area contributed by atoms with Gasteiger partial charge in [0.1, 0.15) is 10.6 Å². The molecule has 0 bridgehead atoms. The zero-order valence-corrected chi connectivity index (χ0v) is 17.0. The third kappa shape index (κ3) is 3.73. The van der Waals surface area contributed by atoms with Crippen molar-refractivity contribution in [1.82, 2.24) is 9.97 Å². The normalized spacial score (nSPS) is 18.9.